The van der Waals surface area contributed by atoms with Crippen molar-refractivity contribution in [1.82, 2.24) is 0 Å². The van der Waals surface area contributed by atoms with Gasteiger partial charge in [0.05, 0.1) is 16.4 Å². The number of hydrogen-bond acceptors (Lipinski definition) is 6. The van der Waals surface area contributed by atoms with Crippen LogP contribution in [0.1, 0.15) is 12.0 Å². The molecule has 100 valence electrons. The van der Waals surface area contributed by atoms with E-state index in [0.717, 1.165) is 0 Å². The van der Waals surface area contributed by atoms with Crippen LogP contribution in [0.15, 0.2) is 18.2 Å². The molecule has 1 heterocycles. The Morgan fingerprint density at radius 2 is 2.21 bits per heavy atom. The first-order valence-electron chi connectivity index (χ1n) is 5.57. The molecule has 1 atom stereocenters. The molecular formula is C11H11N3O4S. The number of nitro benzene ring substituents is 1. The van der Waals surface area contributed by atoms with Crippen molar-refractivity contribution >= 4 is 21.2 Å². The summed E-state index contributed by atoms with van der Waals surface area (Å²) in [6.07, 6.45) is 0.413. The van der Waals surface area contributed by atoms with E-state index < -0.39 is 14.8 Å². The van der Waals surface area contributed by atoms with Crippen LogP contribution in [0.25, 0.3) is 0 Å². The first-order valence-corrected chi connectivity index (χ1v) is 7.39. The fourth-order valence-corrected chi connectivity index (χ4v) is 3.75. The average Bonchev–Trinajstić information content (AvgIpc) is 2.68. The molecule has 7 nitrogen and oxygen atoms in total. The van der Waals surface area contributed by atoms with Crippen LogP contribution in [-0.4, -0.2) is 30.9 Å². The maximum Gasteiger partial charge on any atom is 0.309 e. The van der Waals surface area contributed by atoms with E-state index in [2.05, 4.69) is 5.32 Å². The predicted molar refractivity (Wildman–Crippen MR) is 68.5 cm³/mol. The van der Waals surface area contributed by atoms with Gasteiger partial charge in [-0.1, -0.05) is 6.07 Å². The highest BCUT2D eigenvalue weighted by molar-refractivity contribution is 7.91. The molecule has 1 aromatic rings. The van der Waals surface area contributed by atoms with E-state index in [9.17, 15) is 18.5 Å². The maximum atomic E-state index is 11.3. The van der Waals surface area contributed by atoms with Gasteiger partial charge in [-0.2, -0.15) is 5.26 Å². The molecule has 1 aliphatic rings. The largest absolute Gasteiger partial charge is 0.376 e. The Bertz CT molecular complexity index is 663. The van der Waals surface area contributed by atoms with Crippen LogP contribution in [-0.2, 0) is 9.84 Å². The zero-order valence-corrected chi connectivity index (χ0v) is 10.7. The molecule has 0 spiro atoms. The number of sulfone groups is 1. The SMILES string of the molecule is N#Cc1cccc(NC2CCS(=O)(=O)C2)c1[N+](=O)[O-]. The second-order valence-electron chi connectivity index (χ2n) is 4.31. The Morgan fingerprint density at radius 1 is 1.47 bits per heavy atom. The van der Waals surface area contributed by atoms with Crippen molar-refractivity contribution < 1.29 is 13.3 Å². The van der Waals surface area contributed by atoms with Crippen LogP contribution in [0.4, 0.5) is 11.4 Å². The van der Waals surface area contributed by atoms with Gasteiger partial charge in [0.25, 0.3) is 0 Å². The van der Waals surface area contributed by atoms with Crippen molar-refractivity contribution in [3.05, 3.63) is 33.9 Å². The molecule has 1 aliphatic heterocycles. The molecule has 1 unspecified atom stereocenters. The van der Waals surface area contributed by atoms with Gasteiger partial charge in [-0.25, -0.2) is 8.42 Å². The zero-order chi connectivity index (χ0) is 14.0. The highest BCUT2D eigenvalue weighted by Crippen LogP contribution is 2.30. The number of nitrogens with zero attached hydrogens (tertiary/aromatic N) is 2. The Labute approximate surface area is 109 Å². The van der Waals surface area contributed by atoms with Crippen LogP contribution in [0.3, 0.4) is 0 Å². The molecule has 1 fully saturated rings. The number of benzene rings is 1. The van der Waals surface area contributed by atoms with Gasteiger partial charge in [-0.05, 0) is 18.6 Å². The topological polar surface area (TPSA) is 113 Å². The van der Waals surface area contributed by atoms with Gasteiger partial charge in [0.15, 0.2) is 9.84 Å². The zero-order valence-electron chi connectivity index (χ0n) is 9.87. The van der Waals surface area contributed by atoms with Gasteiger partial charge in [-0.15, -0.1) is 0 Å². The first-order chi connectivity index (χ1) is 8.93. The summed E-state index contributed by atoms with van der Waals surface area (Å²) < 4.78 is 22.7. The number of nitriles is 1. The first kappa shape index (κ1) is 13.3. The summed E-state index contributed by atoms with van der Waals surface area (Å²) in [5, 5.41) is 22.7. The fourth-order valence-electron chi connectivity index (χ4n) is 2.08. The molecule has 0 aromatic heterocycles. The molecule has 8 heteroatoms. The summed E-state index contributed by atoms with van der Waals surface area (Å²) in [6.45, 7) is 0. The van der Waals surface area contributed by atoms with Gasteiger partial charge in [0.2, 0.25) is 0 Å². The van der Waals surface area contributed by atoms with Crippen molar-refractivity contribution in [3.8, 4) is 6.07 Å². The third kappa shape index (κ3) is 2.82. The van der Waals surface area contributed by atoms with E-state index in [1.165, 1.54) is 18.2 Å². The monoisotopic (exact) mass is 281 g/mol. The Balaban J connectivity index is 2.31. The van der Waals surface area contributed by atoms with E-state index in [1.807, 2.05) is 0 Å². The molecule has 0 amide bonds. The lowest BCUT2D eigenvalue weighted by atomic mass is 10.1. The van der Waals surface area contributed by atoms with E-state index in [0.29, 0.717) is 6.42 Å². The molecular weight excluding hydrogens is 270 g/mol. The van der Waals surface area contributed by atoms with Gasteiger partial charge >= 0.3 is 5.69 Å². The lowest BCUT2D eigenvalue weighted by Gasteiger charge is -2.12. The Morgan fingerprint density at radius 3 is 2.74 bits per heavy atom. The Hall–Kier alpha value is -2.14. The number of hydrogen-bond donors (Lipinski definition) is 1. The van der Waals surface area contributed by atoms with Gasteiger partial charge in [-0.3, -0.25) is 10.1 Å². The van der Waals surface area contributed by atoms with Crippen molar-refractivity contribution in [3.63, 3.8) is 0 Å². The molecule has 1 aromatic carbocycles. The van der Waals surface area contributed by atoms with Crippen LogP contribution in [0.2, 0.25) is 0 Å². The van der Waals surface area contributed by atoms with E-state index in [4.69, 9.17) is 5.26 Å². The molecule has 1 N–H and O–H groups in total. The van der Waals surface area contributed by atoms with Crippen molar-refractivity contribution in [1.29, 1.82) is 5.26 Å². The second kappa shape index (κ2) is 4.85. The molecule has 0 radical (unpaired) electrons. The summed E-state index contributed by atoms with van der Waals surface area (Å²) in [6, 6.07) is 5.77. The number of para-hydroxylation sites is 1. The van der Waals surface area contributed by atoms with Crippen molar-refractivity contribution in [2.45, 2.75) is 12.5 Å². The van der Waals surface area contributed by atoms with Crippen LogP contribution < -0.4 is 5.32 Å². The third-order valence-electron chi connectivity index (χ3n) is 2.93. The van der Waals surface area contributed by atoms with Crippen molar-refractivity contribution in [2.24, 2.45) is 0 Å². The Kier molecular flexibility index (Phi) is 3.40. The molecule has 0 saturated carbocycles. The minimum absolute atomic E-state index is 0.0407. The van der Waals surface area contributed by atoms with E-state index >= 15 is 0 Å². The summed E-state index contributed by atoms with van der Waals surface area (Å²) >= 11 is 0. The van der Waals surface area contributed by atoms with Crippen LogP contribution in [0.5, 0.6) is 0 Å². The third-order valence-corrected chi connectivity index (χ3v) is 4.70. The van der Waals surface area contributed by atoms with Crippen LogP contribution >= 0.6 is 0 Å². The predicted octanol–water partition coefficient (Wildman–Crippen LogP) is 1.07. The molecule has 1 saturated heterocycles. The normalized spacial score (nSPS) is 20.7. The lowest BCUT2D eigenvalue weighted by Crippen LogP contribution is -2.21. The lowest BCUT2D eigenvalue weighted by molar-refractivity contribution is -0.384. The fraction of sp³-hybridized carbons (Fsp3) is 0.364. The van der Waals surface area contributed by atoms with E-state index in [-0.39, 0.29) is 34.5 Å². The summed E-state index contributed by atoms with van der Waals surface area (Å²) in [7, 11) is -3.06. The minimum atomic E-state index is -3.06. The van der Waals surface area contributed by atoms with Crippen LogP contribution in [0, 0.1) is 21.4 Å². The number of nitro groups is 1. The van der Waals surface area contributed by atoms with Crippen molar-refractivity contribution in [2.75, 3.05) is 16.8 Å². The summed E-state index contributed by atoms with van der Waals surface area (Å²) in [5.41, 5.74) is -0.170. The maximum absolute atomic E-state index is 11.3. The molecule has 0 bridgehead atoms. The number of anilines is 1. The molecule has 2 rings (SSSR count). The summed E-state index contributed by atoms with van der Waals surface area (Å²) in [4.78, 5) is 10.4. The number of rotatable bonds is 3. The highest BCUT2D eigenvalue weighted by atomic mass is 32.2. The quantitative estimate of drug-likeness (QED) is 0.654. The second-order valence-corrected chi connectivity index (χ2v) is 6.54. The van der Waals surface area contributed by atoms with Gasteiger partial charge < -0.3 is 5.32 Å². The highest BCUT2D eigenvalue weighted by Gasteiger charge is 2.30. The average molecular weight is 281 g/mol. The summed E-state index contributed by atoms with van der Waals surface area (Å²) in [5.74, 6) is 0.0390. The standard InChI is InChI=1S/C11H11N3O4S/c12-6-8-2-1-3-10(11(8)14(15)16)13-9-4-5-19(17,18)7-9/h1-3,9,13H,4-5,7H2. The smallest absolute Gasteiger partial charge is 0.309 e. The minimum Gasteiger partial charge on any atom is -0.376 e. The molecule has 0 aliphatic carbocycles. The van der Waals surface area contributed by atoms with Gasteiger partial charge in [0, 0.05) is 6.04 Å². The van der Waals surface area contributed by atoms with Gasteiger partial charge in [0.1, 0.15) is 17.3 Å². The van der Waals surface area contributed by atoms with E-state index in [1.54, 1.807) is 6.07 Å². The number of nitrogens with one attached hydrogen (secondary N) is 1. The molecule has 19 heavy (non-hydrogen) atoms.